The molecule has 6 nitrogen and oxygen atoms in total. The zero-order chi connectivity index (χ0) is 22.2. The van der Waals surface area contributed by atoms with Gasteiger partial charge in [-0.2, -0.15) is 18.3 Å². The Bertz CT molecular complexity index is 1250. The van der Waals surface area contributed by atoms with Crippen LogP contribution in [0.1, 0.15) is 30.7 Å². The van der Waals surface area contributed by atoms with Crippen molar-refractivity contribution in [3.63, 3.8) is 0 Å². The van der Waals surface area contributed by atoms with Gasteiger partial charge in [-0.15, -0.1) is 0 Å². The summed E-state index contributed by atoms with van der Waals surface area (Å²) in [6.45, 7) is 1.60. The fourth-order valence-corrected chi connectivity index (χ4v) is 3.51. The van der Waals surface area contributed by atoms with Gasteiger partial charge in [0.2, 0.25) is 0 Å². The minimum Gasteiger partial charge on any atom is -0.366 e. The van der Waals surface area contributed by atoms with Crippen LogP contribution in [0.25, 0.3) is 22.7 Å². The second-order valence-corrected chi connectivity index (χ2v) is 7.30. The lowest BCUT2D eigenvalue weighted by atomic mass is 9.90. The van der Waals surface area contributed by atoms with E-state index >= 15 is 0 Å². The van der Waals surface area contributed by atoms with Gasteiger partial charge in [-0.25, -0.2) is 9.67 Å². The highest BCUT2D eigenvalue weighted by atomic mass is 19.4. The molecule has 31 heavy (non-hydrogen) atoms. The lowest BCUT2D eigenvalue weighted by Crippen LogP contribution is -2.17. The maximum Gasteiger partial charge on any atom is 0.412 e. The average molecular weight is 425 g/mol. The second-order valence-electron chi connectivity index (χ2n) is 7.30. The van der Waals surface area contributed by atoms with Crippen LogP contribution in [0, 0.1) is 0 Å². The first-order valence-electron chi connectivity index (χ1n) is 9.45. The van der Waals surface area contributed by atoms with Crippen LogP contribution in [0.15, 0.2) is 66.2 Å². The van der Waals surface area contributed by atoms with Crippen LogP contribution >= 0.6 is 0 Å². The predicted octanol–water partition coefficient (Wildman–Crippen LogP) is 4.23. The summed E-state index contributed by atoms with van der Waals surface area (Å²) in [6.07, 6.45) is 2.44. The van der Waals surface area contributed by atoms with E-state index in [0.29, 0.717) is 11.1 Å². The van der Waals surface area contributed by atoms with E-state index < -0.39 is 23.6 Å². The van der Waals surface area contributed by atoms with Gasteiger partial charge >= 0.3 is 6.18 Å². The van der Waals surface area contributed by atoms with Crippen molar-refractivity contribution in [1.29, 1.82) is 0 Å². The molecule has 3 aromatic rings. The van der Waals surface area contributed by atoms with E-state index in [-0.39, 0.29) is 17.8 Å². The third kappa shape index (κ3) is 4.40. The summed E-state index contributed by atoms with van der Waals surface area (Å²) in [5.74, 6) is -1.08. The molecule has 0 saturated heterocycles. The van der Waals surface area contributed by atoms with Gasteiger partial charge in [0.15, 0.2) is 5.82 Å². The minimum atomic E-state index is -4.40. The number of fused-ring (bicyclic) bond motifs is 1. The maximum absolute atomic E-state index is 13.2. The third-order valence-corrected chi connectivity index (χ3v) is 4.96. The van der Waals surface area contributed by atoms with Crippen LogP contribution in [-0.4, -0.2) is 31.8 Å². The lowest BCUT2D eigenvalue weighted by Gasteiger charge is -2.20. The predicted molar refractivity (Wildman–Crippen MR) is 110 cm³/mol. The Labute approximate surface area is 175 Å². The number of hydrogen-bond acceptors (Lipinski definition) is 4. The van der Waals surface area contributed by atoms with Crippen LogP contribution in [0.5, 0.6) is 0 Å². The normalized spacial score (nSPS) is 17.4. The van der Waals surface area contributed by atoms with Crippen molar-refractivity contribution >= 4 is 28.6 Å². The molecule has 1 atom stereocenters. The Kier molecular flexibility index (Phi) is 5.18. The summed E-state index contributed by atoms with van der Waals surface area (Å²) >= 11 is 0. The Hall–Kier alpha value is -3.75. The zero-order valence-corrected chi connectivity index (χ0v) is 16.5. The number of nitrogens with two attached hydrogens (primary N) is 1. The van der Waals surface area contributed by atoms with Crippen molar-refractivity contribution in [2.45, 2.75) is 25.4 Å². The number of primary amides is 1. The quantitative estimate of drug-likeness (QED) is 0.634. The van der Waals surface area contributed by atoms with Gasteiger partial charge in [0.25, 0.3) is 5.91 Å². The first-order chi connectivity index (χ1) is 14.7. The number of rotatable bonds is 4. The van der Waals surface area contributed by atoms with Gasteiger partial charge in [-0.3, -0.25) is 9.78 Å². The number of halogens is 3. The standard InChI is InChI=1S/C22H18F3N5O/c1-13-6-15(9-17(7-13)22(23,24)25)21-28-12-30(29-21)11-18(20(26)31)16-8-14-4-2-3-5-19(14)27-10-16/h2-8,10-12,15H,9H2,1H3,(H2,26,31)/b18-11+. The molecule has 9 heteroatoms. The maximum atomic E-state index is 13.2. The van der Waals surface area contributed by atoms with Crippen molar-refractivity contribution in [1.82, 2.24) is 19.7 Å². The highest BCUT2D eigenvalue weighted by molar-refractivity contribution is 6.22. The van der Waals surface area contributed by atoms with Gasteiger partial charge in [0, 0.05) is 34.8 Å². The molecule has 1 unspecified atom stereocenters. The Morgan fingerprint density at radius 1 is 1.26 bits per heavy atom. The summed E-state index contributed by atoms with van der Waals surface area (Å²) < 4.78 is 40.8. The number of hydrogen-bond donors (Lipinski definition) is 1. The smallest absolute Gasteiger partial charge is 0.366 e. The van der Waals surface area contributed by atoms with Gasteiger partial charge in [-0.1, -0.05) is 35.9 Å². The molecule has 1 aliphatic carbocycles. The van der Waals surface area contributed by atoms with Gasteiger partial charge in [0.1, 0.15) is 6.33 Å². The van der Waals surface area contributed by atoms with Crippen LogP contribution in [0.3, 0.4) is 0 Å². The average Bonchev–Trinajstić information content (AvgIpc) is 3.19. The molecule has 1 amide bonds. The van der Waals surface area contributed by atoms with Crippen LogP contribution in [0.4, 0.5) is 13.2 Å². The highest BCUT2D eigenvalue weighted by Gasteiger charge is 2.37. The number of alkyl halides is 3. The van der Waals surface area contributed by atoms with Crippen LogP contribution in [0.2, 0.25) is 0 Å². The summed E-state index contributed by atoms with van der Waals surface area (Å²) in [7, 11) is 0. The Balaban J connectivity index is 1.65. The van der Waals surface area contributed by atoms with E-state index in [1.807, 2.05) is 24.3 Å². The molecule has 1 aliphatic rings. The Morgan fingerprint density at radius 3 is 2.77 bits per heavy atom. The molecule has 0 bridgehead atoms. The molecule has 158 valence electrons. The summed E-state index contributed by atoms with van der Waals surface area (Å²) in [6, 6.07) is 9.21. The zero-order valence-electron chi connectivity index (χ0n) is 16.5. The number of para-hydroxylation sites is 1. The number of pyridine rings is 1. The fraction of sp³-hybridized carbons (Fsp3) is 0.182. The molecule has 0 spiro atoms. The van der Waals surface area contributed by atoms with Crippen molar-refractivity contribution in [3.05, 3.63) is 77.5 Å². The molecule has 0 aliphatic heterocycles. The largest absolute Gasteiger partial charge is 0.412 e. The molecule has 0 radical (unpaired) electrons. The van der Waals surface area contributed by atoms with Crippen LogP contribution in [-0.2, 0) is 4.79 Å². The van der Waals surface area contributed by atoms with E-state index in [0.717, 1.165) is 17.0 Å². The van der Waals surface area contributed by atoms with Gasteiger partial charge < -0.3 is 5.73 Å². The number of allylic oxidation sites excluding steroid dienone is 4. The molecule has 2 N–H and O–H groups in total. The van der Waals surface area contributed by atoms with E-state index in [1.54, 1.807) is 19.1 Å². The second kappa shape index (κ2) is 7.82. The molecule has 2 heterocycles. The molecular formula is C22H18F3N5O. The number of amides is 1. The SMILES string of the molecule is CC1=CC(c2ncn(/C=C(/C(N)=O)c3cnc4ccccc4c3)n2)CC(C(F)(F)F)=C1. The van der Waals surface area contributed by atoms with Crippen LogP contribution < -0.4 is 5.73 Å². The van der Waals surface area contributed by atoms with E-state index in [1.165, 1.54) is 23.4 Å². The van der Waals surface area contributed by atoms with Gasteiger partial charge in [-0.05, 0) is 25.5 Å². The third-order valence-electron chi connectivity index (χ3n) is 4.96. The highest BCUT2D eigenvalue weighted by Crippen LogP contribution is 2.38. The Morgan fingerprint density at radius 2 is 2.03 bits per heavy atom. The lowest BCUT2D eigenvalue weighted by molar-refractivity contribution is -0.112. The minimum absolute atomic E-state index is 0.154. The topological polar surface area (TPSA) is 86.7 Å². The number of benzene rings is 1. The van der Waals surface area contributed by atoms with Crippen molar-refractivity contribution in [2.75, 3.05) is 0 Å². The molecule has 4 rings (SSSR count). The fourth-order valence-electron chi connectivity index (χ4n) is 3.51. The number of aromatic nitrogens is 4. The van der Waals surface area contributed by atoms with Crippen molar-refractivity contribution in [2.24, 2.45) is 5.73 Å². The number of carbonyl (C=O) groups is 1. The number of nitrogens with zero attached hydrogens (tertiary/aromatic N) is 4. The molecule has 2 aromatic heterocycles. The monoisotopic (exact) mass is 425 g/mol. The van der Waals surface area contributed by atoms with Crippen molar-refractivity contribution < 1.29 is 18.0 Å². The summed E-state index contributed by atoms with van der Waals surface area (Å²) in [4.78, 5) is 20.5. The van der Waals surface area contributed by atoms with Gasteiger partial charge in [0.05, 0.1) is 11.1 Å². The first-order valence-corrected chi connectivity index (χ1v) is 9.45. The molecule has 0 saturated carbocycles. The number of carbonyl (C=O) groups excluding carboxylic acids is 1. The molecular weight excluding hydrogens is 407 g/mol. The van der Waals surface area contributed by atoms with E-state index in [9.17, 15) is 18.0 Å². The van der Waals surface area contributed by atoms with E-state index in [2.05, 4.69) is 15.1 Å². The summed E-state index contributed by atoms with van der Waals surface area (Å²) in [5, 5.41) is 5.09. The molecule has 0 fully saturated rings. The molecule has 1 aromatic carbocycles. The van der Waals surface area contributed by atoms with E-state index in [4.69, 9.17) is 5.73 Å². The first kappa shape index (κ1) is 20.5. The van der Waals surface area contributed by atoms with Crippen molar-refractivity contribution in [3.8, 4) is 0 Å². The summed E-state index contributed by atoms with van der Waals surface area (Å²) in [5.41, 5.74) is 6.85.